The van der Waals surface area contributed by atoms with Crippen LogP contribution in [-0.2, 0) is 9.36 Å². The lowest BCUT2D eigenvalue weighted by molar-refractivity contribution is -0.118. The normalized spacial score (nSPS) is 12.7. The number of amides is 1. The van der Waals surface area contributed by atoms with Crippen molar-refractivity contribution in [2.75, 3.05) is 4.90 Å². The predicted octanol–water partition coefficient (Wildman–Crippen LogP) is 4.66. The molecule has 0 fully saturated rings. The van der Waals surface area contributed by atoms with Crippen molar-refractivity contribution in [2.24, 2.45) is 0 Å². The highest BCUT2D eigenvalue weighted by atomic mass is 35.5. The van der Waals surface area contributed by atoms with Crippen molar-refractivity contribution in [3.63, 3.8) is 0 Å². The van der Waals surface area contributed by atoms with Gasteiger partial charge in [-0.3, -0.25) is 14.3 Å². The lowest BCUT2D eigenvalue weighted by Gasteiger charge is -2.25. The molecule has 3 rings (SSSR count). The van der Waals surface area contributed by atoms with Gasteiger partial charge in [-0.25, -0.2) is 0 Å². The van der Waals surface area contributed by atoms with Crippen LogP contribution in [0.5, 0.6) is 5.75 Å². The topological polar surface area (TPSA) is 98.1 Å². The van der Waals surface area contributed by atoms with E-state index < -0.39 is 19.2 Å². The molecule has 0 saturated carbocycles. The van der Waals surface area contributed by atoms with Gasteiger partial charge in [0.15, 0.2) is 5.66 Å². The molecule has 3 aromatic rings. The number of carbonyl (C=O) groups is 1. The van der Waals surface area contributed by atoms with Crippen LogP contribution in [0.3, 0.4) is 0 Å². The summed E-state index contributed by atoms with van der Waals surface area (Å²) in [7, 11) is -4.86. The number of phenolic OH excluding ortho intramolecular Hbond substituents is 1. The van der Waals surface area contributed by atoms with Gasteiger partial charge in [0, 0.05) is 21.6 Å². The second kappa shape index (κ2) is 7.46. The van der Waals surface area contributed by atoms with E-state index in [1.807, 2.05) is 0 Å². The maximum Gasteiger partial charge on any atom is 0.342 e. The summed E-state index contributed by atoms with van der Waals surface area (Å²) in [5.41, 5.74) is -1.18. The molecule has 1 aromatic heterocycles. The number of benzene rings is 2. The molecule has 1 amide bonds. The summed E-state index contributed by atoms with van der Waals surface area (Å²) in [4.78, 5) is 34.0. The van der Waals surface area contributed by atoms with E-state index in [1.165, 1.54) is 41.8 Å². The third-order valence-corrected chi connectivity index (χ3v) is 6.37. The van der Waals surface area contributed by atoms with Crippen molar-refractivity contribution < 1.29 is 24.3 Å². The standard InChI is InChI=1S/C18H15ClNO5PS/c1-2-20(12-4-6-13(21)7-5-12)18(22)17(26(23,24)25)15-10-27-16-8-3-11(19)9-14(15)16/h2-10,17,21H,1H2,(H2,23,24,25). The van der Waals surface area contributed by atoms with Gasteiger partial charge in [0.25, 0.3) is 5.91 Å². The Hall–Kier alpha value is -2.15. The highest BCUT2D eigenvalue weighted by Gasteiger charge is 2.41. The van der Waals surface area contributed by atoms with Crippen LogP contribution >= 0.6 is 30.5 Å². The van der Waals surface area contributed by atoms with Crippen molar-refractivity contribution in [3.8, 4) is 5.75 Å². The number of anilines is 1. The molecular weight excluding hydrogens is 409 g/mol. The third kappa shape index (κ3) is 3.93. The van der Waals surface area contributed by atoms with Gasteiger partial charge in [0.05, 0.1) is 0 Å². The Morgan fingerprint density at radius 3 is 2.48 bits per heavy atom. The SMILES string of the molecule is C=CN(C(=O)C(c1csc2ccc(Cl)cc12)P(=O)(O)O)c1ccc(O)cc1. The highest BCUT2D eigenvalue weighted by Crippen LogP contribution is 2.55. The number of nitrogens with zero attached hydrogens (tertiary/aromatic N) is 1. The van der Waals surface area contributed by atoms with Gasteiger partial charge in [-0.15, -0.1) is 11.3 Å². The average molecular weight is 424 g/mol. The van der Waals surface area contributed by atoms with E-state index in [9.17, 15) is 24.3 Å². The van der Waals surface area contributed by atoms with Crippen LogP contribution in [0.4, 0.5) is 5.69 Å². The van der Waals surface area contributed by atoms with Gasteiger partial charge in [-0.05, 0) is 58.8 Å². The van der Waals surface area contributed by atoms with Crippen LogP contribution in [0.25, 0.3) is 10.1 Å². The molecule has 0 aliphatic rings. The Balaban J connectivity index is 2.13. The largest absolute Gasteiger partial charge is 0.508 e. The monoisotopic (exact) mass is 423 g/mol. The Kier molecular flexibility index (Phi) is 5.42. The zero-order valence-corrected chi connectivity index (χ0v) is 16.3. The van der Waals surface area contributed by atoms with E-state index in [0.717, 1.165) is 9.60 Å². The zero-order chi connectivity index (χ0) is 19.8. The summed E-state index contributed by atoms with van der Waals surface area (Å²) in [5.74, 6) is -0.830. The Morgan fingerprint density at radius 1 is 1.22 bits per heavy atom. The van der Waals surface area contributed by atoms with E-state index in [0.29, 0.717) is 16.1 Å². The average Bonchev–Trinajstić information content (AvgIpc) is 2.99. The van der Waals surface area contributed by atoms with Crippen LogP contribution in [0, 0.1) is 0 Å². The number of hydrogen-bond acceptors (Lipinski definition) is 4. The molecule has 0 aliphatic heterocycles. The first-order chi connectivity index (χ1) is 12.7. The molecule has 0 saturated heterocycles. The molecule has 0 spiro atoms. The minimum atomic E-state index is -4.86. The van der Waals surface area contributed by atoms with Crippen LogP contribution in [0.2, 0.25) is 5.02 Å². The van der Waals surface area contributed by atoms with E-state index >= 15 is 0 Å². The first kappa shape index (κ1) is 19.6. The maximum atomic E-state index is 13.1. The van der Waals surface area contributed by atoms with Gasteiger partial charge >= 0.3 is 7.60 Å². The van der Waals surface area contributed by atoms with Gasteiger partial charge in [-0.1, -0.05) is 18.2 Å². The molecule has 0 aliphatic carbocycles. The van der Waals surface area contributed by atoms with Gasteiger partial charge < -0.3 is 14.9 Å². The van der Waals surface area contributed by atoms with Crippen molar-refractivity contribution in [2.45, 2.75) is 5.66 Å². The number of aromatic hydroxyl groups is 1. The Labute approximate surface area is 164 Å². The summed E-state index contributed by atoms with van der Waals surface area (Å²) in [6.45, 7) is 3.57. The Bertz CT molecular complexity index is 1060. The third-order valence-electron chi connectivity index (χ3n) is 3.98. The molecule has 1 atom stereocenters. The van der Waals surface area contributed by atoms with Crippen LogP contribution in [0.15, 0.2) is 60.6 Å². The van der Waals surface area contributed by atoms with E-state index in [-0.39, 0.29) is 11.3 Å². The summed E-state index contributed by atoms with van der Waals surface area (Å²) < 4.78 is 13.0. The quantitative estimate of drug-likeness (QED) is 0.519. The molecule has 140 valence electrons. The highest BCUT2D eigenvalue weighted by molar-refractivity contribution is 7.53. The minimum Gasteiger partial charge on any atom is -0.508 e. The van der Waals surface area contributed by atoms with Gasteiger partial charge in [0.2, 0.25) is 0 Å². The molecule has 2 aromatic carbocycles. The van der Waals surface area contributed by atoms with E-state index in [1.54, 1.807) is 23.6 Å². The van der Waals surface area contributed by atoms with Crippen LogP contribution < -0.4 is 4.90 Å². The fourth-order valence-corrected chi connectivity index (χ4v) is 4.99. The van der Waals surface area contributed by atoms with E-state index in [4.69, 9.17) is 11.6 Å². The molecular formula is C18H15ClNO5PS. The molecule has 1 heterocycles. The van der Waals surface area contributed by atoms with Gasteiger partial charge in [0.1, 0.15) is 5.75 Å². The number of fused-ring (bicyclic) bond motifs is 1. The predicted molar refractivity (Wildman–Crippen MR) is 107 cm³/mol. The smallest absolute Gasteiger partial charge is 0.342 e. The molecule has 27 heavy (non-hydrogen) atoms. The second-order valence-electron chi connectivity index (χ2n) is 5.73. The lowest BCUT2D eigenvalue weighted by atomic mass is 10.1. The Morgan fingerprint density at radius 2 is 1.89 bits per heavy atom. The number of rotatable bonds is 5. The molecule has 0 bridgehead atoms. The van der Waals surface area contributed by atoms with Gasteiger partial charge in [-0.2, -0.15) is 0 Å². The van der Waals surface area contributed by atoms with Crippen LogP contribution in [-0.4, -0.2) is 20.8 Å². The van der Waals surface area contributed by atoms with Crippen molar-refractivity contribution in [1.82, 2.24) is 0 Å². The van der Waals surface area contributed by atoms with Crippen molar-refractivity contribution in [1.29, 1.82) is 0 Å². The first-order valence-corrected chi connectivity index (χ1v) is 10.6. The number of phenols is 1. The lowest BCUT2D eigenvalue weighted by Crippen LogP contribution is -2.30. The number of carbonyl (C=O) groups excluding carboxylic acids is 1. The summed E-state index contributed by atoms with van der Waals surface area (Å²) in [5, 5.41) is 11.9. The fourth-order valence-electron chi connectivity index (χ4n) is 2.76. The minimum absolute atomic E-state index is 0.000203. The van der Waals surface area contributed by atoms with Crippen molar-refractivity contribution in [3.05, 3.63) is 71.2 Å². The molecule has 9 heteroatoms. The summed E-state index contributed by atoms with van der Waals surface area (Å²) in [6.07, 6.45) is 1.18. The number of thiophene rings is 1. The summed E-state index contributed by atoms with van der Waals surface area (Å²) in [6, 6.07) is 10.6. The fraction of sp³-hybridized carbons (Fsp3) is 0.0556. The molecule has 3 N–H and O–H groups in total. The second-order valence-corrected chi connectivity index (χ2v) is 8.77. The number of halogens is 1. The zero-order valence-electron chi connectivity index (χ0n) is 13.8. The first-order valence-electron chi connectivity index (χ1n) is 7.69. The van der Waals surface area contributed by atoms with Crippen LogP contribution in [0.1, 0.15) is 11.2 Å². The maximum absolute atomic E-state index is 13.1. The summed E-state index contributed by atoms with van der Waals surface area (Å²) >= 11 is 7.29. The molecule has 6 nitrogen and oxygen atoms in total. The van der Waals surface area contributed by atoms with E-state index in [2.05, 4.69) is 6.58 Å². The number of hydrogen-bond donors (Lipinski definition) is 3. The molecule has 0 radical (unpaired) electrons. The molecule has 1 unspecified atom stereocenters. The van der Waals surface area contributed by atoms with Crippen molar-refractivity contribution >= 4 is 52.2 Å².